The Bertz CT molecular complexity index is 980. The maximum absolute atomic E-state index is 12.9. The van der Waals surface area contributed by atoms with Crippen LogP contribution in [0, 0.1) is 0 Å². The summed E-state index contributed by atoms with van der Waals surface area (Å²) in [5.74, 6) is 2.02. The predicted octanol–water partition coefficient (Wildman–Crippen LogP) is 2.00. The molecule has 0 N–H and O–H groups in total. The Kier molecular flexibility index (Phi) is 4.92. The van der Waals surface area contributed by atoms with Crippen molar-refractivity contribution < 1.29 is 14.3 Å². The number of piperazine rings is 1. The molecular formula is C20H21N5O3. The van der Waals surface area contributed by atoms with Crippen molar-refractivity contribution in [3.63, 3.8) is 0 Å². The minimum atomic E-state index is -0.0332. The Morgan fingerprint density at radius 2 is 1.61 bits per heavy atom. The highest BCUT2D eigenvalue weighted by molar-refractivity contribution is 5.95. The van der Waals surface area contributed by atoms with Gasteiger partial charge >= 0.3 is 0 Å². The Morgan fingerprint density at radius 3 is 2.29 bits per heavy atom. The van der Waals surface area contributed by atoms with Crippen LogP contribution >= 0.6 is 0 Å². The quantitative estimate of drug-likeness (QED) is 0.686. The molecule has 0 bridgehead atoms. The van der Waals surface area contributed by atoms with Crippen LogP contribution < -0.4 is 14.4 Å². The number of nitrogens with zero attached hydrogens (tertiary/aromatic N) is 5. The van der Waals surface area contributed by atoms with E-state index in [1.54, 1.807) is 44.8 Å². The smallest absolute Gasteiger partial charge is 0.254 e. The summed E-state index contributed by atoms with van der Waals surface area (Å²) in [5.41, 5.74) is 1.96. The largest absolute Gasteiger partial charge is 0.497 e. The fourth-order valence-corrected chi connectivity index (χ4v) is 3.27. The molecule has 8 nitrogen and oxygen atoms in total. The van der Waals surface area contributed by atoms with Gasteiger partial charge in [0.05, 0.1) is 14.2 Å². The minimum Gasteiger partial charge on any atom is -0.497 e. The average Bonchev–Trinajstić information content (AvgIpc) is 2.78. The van der Waals surface area contributed by atoms with Gasteiger partial charge in [-0.15, -0.1) is 0 Å². The van der Waals surface area contributed by atoms with Crippen LogP contribution in [0.2, 0.25) is 0 Å². The number of carbonyl (C=O) groups excluding carboxylic acids is 1. The summed E-state index contributed by atoms with van der Waals surface area (Å²) in [4.78, 5) is 30.0. The van der Waals surface area contributed by atoms with E-state index in [0.29, 0.717) is 48.9 Å². The Morgan fingerprint density at radius 1 is 0.929 bits per heavy atom. The first-order valence-corrected chi connectivity index (χ1v) is 9.03. The van der Waals surface area contributed by atoms with Crippen LogP contribution in [0.25, 0.3) is 11.2 Å². The van der Waals surface area contributed by atoms with Gasteiger partial charge in [0.1, 0.15) is 22.8 Å². The van der Waals surface area contributed by atoms with Gasteiger partial charge in [0.2, 0.25) is 0 Å². The molecule has 0 atom stereocenters. The van der Waals surface area contributed by atoms with Crippen LogP contribution in [0.15, 0.2) is 42.7 Å². The zero-order valence-corrected chi connectivity index (χ0v) is 15.8. The van der Waals surface area contributed by atoms with Crippen LogP contribution in [0.3, 0.4) is 0 Å². The van der Waals surface area contributed by atoms with Crippen molar-refractivity contribution in [3.8, 4) is 11.5 Å². The summed E-state index contributed by atoms with van der Waals surface area (Å²) >= 11 is 0. The predicted molar refractivity (Wildman–Crippen MR) is 105 cm³/mol. The maximum Gasteiger partial charge on any atom is 0.254 e. The number of anilines is 1. The first kappa shape index (κ1) is 18.0. The molecular weight excluding hydrogens is 358 g/mol. The summed E-state index contributed by atoms with van der Waals surface area (Å²) in [5, 5.41) is 0. The summed E-state index contributed by atoms with van der Waals surface area (Å²) < 4.78 is 10.5. The van der Waals surface area contributed by atoms with Gasteiger partial charge in [-0.2, -0.15) is 0 Å². The summed E-state index contributed by atoms with van der Waals surface area (Å²) in [6, 6.07) is 9.09. The van der Waals surface area contributed by atoms with Gasteiger partial charge in [0.15, 0.2) is 5.65 Å². The highest BCUT2D eigenvalue weighted by Gasteiger charge is 2.24. The average molecular weight is 379 g/mol. The molecule has 2 aromatic heterocycles. The number of pyridine rings is 1. The fourth-order valence-electron chi connectivity index (χ4n) is 3.27. The summed E-state index contributed by atoms with van der Waals surface area (Å²) in [6.07, 6.45) is 3.29. The van der Waals surface area contributed by atoms with E-state index in [1.807, 2.05) is 17.0 Å². The number of rotatable bonds is 4. The van der Waals surface area contributed by atoms with Crippen LogP contribution in [-0.2, 0) is 0 Å². The number of methoxy groups -OCH3 is 2. The lowest BCUT2D eigenvalue weighted by Gasteiger charge is -2.35. The van der Waals surface area contributed by atoms with E-state index in [-0.39, 0.29) is 5.91 Å². The lowest BCUT2D eigenvalue weighted by atomic mass is 10.1. The number of hydrogen-bond donors (Lipinski definition) is 0. The summed E-state index contributed by atoms with van der Waals surface area (Å²) in [6.45, 7) is 2.62. The van der Waals surface area contributed by atoms with Crippen molar-refractivity contribution >= 4 is 22.9 Å². The molecule has 8 heteroatoms. The number of carbonyl (C=O) groups is 1. The van der Waals surface area contributed by atoms with E-state index in [9.17, 15) is 4.79 Å². The van der Waals surface area contributed by atoms with Gasteiger partial charge in [-0.05, 0) is 24.3 Å². The monoisotopic (exact) mass is 379 g/mol. The van der Waals surface area contributed by atoms with E-state index in [0.717, 1.165) is 11.3 Å². The Balaban J connectivity index is 1.46. The normalized spacial score (nSPS) is 14.2. The molecule has 1 aliphatic heterocycles. The zero-order chi connectivity index (χ0) is 19.5. The molecule has 28 heavy (non-hydrogen) atoms. The van der Waals surface area contributed by atoms with Crippen molar-refractivity contribution in [1.82, 2.24) is 19.9 Å². The second-order valence-corrected chi connectivity index (χ2v) is 6.45. The van der Waals surface area contributed by atoms with E-state index in [2.05, 4.69) is 19.9 Å². The zero-order valence-electron chi connectivity index (χ0n) is 15.8. The minimum absolute atomic E-state index is 0.0332. The van der Waals surface area contributed by atoms with Crippen molar-refractivity contribution in [1.29, 1.82) is 0 Å². The molecule has 3 aromatic rings. The SMILES string of the molecule is COc1cc(OC)cc(C(=O)N2CCN(c3ccc4nccnc4n3)CC2)c1. The van der Waals surface area contributed by atoms with Crippen molar-refractivity contribution in [2.75, 3.05) is 45.3 Å². The molecule has 1 aliphatic rings. The first-order valence-electron chi connectivity index (χ1n) is 9.03. The first-order chi connectivity index (χ1) is 13.7. The van der Waals surface area contributed by atoms with Crippen LogP contribution in [0.4, 0.5) is 5.82 Å². The van der Waals surface area contributed by atoms with Crippen LogP contribution in [-0.4, -0.2) is 66.2 Å². The maximum atomic E-state index is 12.9. The Hall–Kier alpha value is -3.42. The van der Waals surface area contributed by atoms with Crippen molar-refractivity contribution in [2.24, 2.45) is 0 Å². The molecule has 0 aliphatic carbocycles. The lowest BCUT2D eigenvalue weighted by molar-refractivity contribution is 0.0745. The van der Waals surface area contributed by atoms with Crippen LogP contribution in [0.5, 0.6) is 11.5 Å². The highest BCUT2D eigenvalue weighted by Crippen LogP contribution is 2.24. The number of hydrogen-bond acceptors (Lipinski definition) is 7. The molecule has 3 heterocycles. The molecule has 0 radical (unpaired) electrons. The molecule has 144 valence electrons. The molecule has 1 amide bonds. The van der Waals surface area contributed by atoms with E-state index >= 15 is 0 Å². The number of amides is 1. The number of benzene rings is 1. The third kappa shape index (κ3) is 3.53. The van der Waals surface area contributed by atoms with Crippen LogP contribution in [0.1, 0.15) is 10.4 Å². The van der Waals surface area contributed by atoms with Gasteiger partial charge in [0.25, 0.3) is 5.91 Å². The second-order valence-electron chi connectivity index (χ2n) is 6.45. The second kappa shape index (κ2) is 7.67. The number of ether oxygens (including phenoxy) is 2. The van der Waals surface area contributed by atoms with Gasteiger partial charge < -0.3 is 19.3 Å². The summed E-state index contributed by atoms with van der Waals surface area (Å²) in [7, 11) is 3.14. The fraction of sp³-hybridized carbons (Fsp3) is 0.300. The van der Waals surface area contributed by atoms with E-state index < -0.39 is 0 Å². The molecule has 1 aromatic carbocycles. The molecule has 1 fully saturated rings. The molecule has 0 unspecified atom stereocenters. The lowest BCUT2D eigenvalue weighted by Crippen LogP contribution is -2.49. The van der Waals surface area contributed by atoms with E-state index in [4.69, 9.17) is 9.47 Å². The molecule has 4 rings (SSSR count). The molecule has 0 spiro atoms. The standard InChI is InChI=1S/C20H21N5O3/c1-27-15-11-14(12-16(13-15)28-2)20(26)25-9-7-24(8-10-25)18-4-3-17-19(23-18)22-6-5-21-17/h3-6,11-13H,7-10H2,1-2H3. The third-order valence-corrected chi connectivity index (χ3v) is 4.81. The van der Waals surface area contributed by atoms with Gasteiger partial charge in [0, 0.05) is 50.2 Å². The number of fused-ring (bicyclic) bond motifs is 1. The topological polar surface area (TPSA) is 80.7 Å². The van der Waals surface area contributed by atoms with Gasteiger partial charge in [-0.25, -0.2) is 9.97 Å². The molecule has 1 saturated heterocycles. The van der Waals surface area contributed by atoms with Crippen molar-refractivity contribution in [2.45, 2.75) is 0 Å². The van der Waals surface area contributed by atoms with Gasteiger partial charge in [-0.1, -0.05) is 0 Å². The Labute approximate surface area is 162 Å². The van der Waals surface area contributed by atoms with Gasteiger partial charge in [-0.3, -0.25) is 9.78 Å². The van der Waals surface area contributed by atoms with E-state index in [1.165, 1.54) is 0 Å². The number of aromatic nitrogens is 3. The molecule has 0 saturated carbocycles. The third-order valence-electron chi connectivity index (χ3n) is 4.81. The highest BCUT2D eigenvalue weighted by atomic mass is 16.5. The van der Waals surface area contributed by atoms with Crippen molar-refractivity contribution in [3.05, 3.63) is 48.3 Å².